The Labute approximate surface area is 198 Å². The standard InChI is InChI=1S/C21H24ClF3N8O/c1-20(2)12-26-4-6-33(20)17(34)11-30-9-13(7-28-30)14-10-32-16(22)8-27-18(32)19(29-14)31-5-3-15(31)21(23,24)25/h7-10,15,26H,3-6,11-12H2,1-2H3/t15-/m1/s1. The summed E-state index contributed by atoms with van der Waals surface area (Å²) in [4.78, 5) is 24.6. The molecule has 0 spiro atoms. The zero-order valence-electron chi connectivity index (χ0n) is 18.7. The van der Waals surface area contributed by atoms with Crippen LogP contribution in [0.4, 0.5) is 19.0 Å². The summed E-state index contributed by atoms with van der Waals surface area (Å²) in [6, 6.07) is -1.61. The quantitative estimate of drug-likeness (QED) is 0.598. The van der Waals surface area contributed by atoms with Crippen LogP contribution in [0, 0.1) is 0 Å². The molecule has 0 unspecified atom stereocenters. The van der Waals surface area contributed by atoms with Crippen LogP contribution >= 0.6 is 11.6 Å². The Bertz CT molecular complexity index is 1240. The fourth-order valence-electron chi connectivity index (χ4n) is 4.51. The van der Waals surface area contributed by atoms with E-state index in [0.717, 1.165) is 6.54 Å². The van der Waals surface area contributed by atoms with E-state index >= 15 is 0 Å². The number of carbonyl (C=O) groups excluding carboxylic acids is 1. The molecule has 3 aromatic rings. The Morgan fingerprint density at radius 3 is 2.74 bits per heavy atom. The van der Waals surface area contributed by atoms with E-state index < -0.39 is 12.2 Å². The van der Waals surface area contributed by atoms with Crippen molar-refractivity contribution in [3.05, 3.63) is 29.9 Å². The summed E-state index contributed by atoms with van der Waals surface area (Å²) < 4.78 is 43.3. The highest BCUT2D eigenvalue weighted by atomic mass is 35.5. The largest absolute Gasteiger partial charge is 0.408 e. The van der Waals surface area contributed by atoms with Crippen molar-refractivity contribution in [1.82, 2.24) is 34.4 Å². The first-order chi connectivity index (χ1) is 16.0. The summed E-state index contributed by atoms with van der Waals surface area (Å²) in [5, 5.41) is 7.83. The molecule has 0 saturated carbocycles. The number of fused-ring (bicyclic) bond motifs is 1. The molecule has 2 aliphatic heterocycles. The SMILES string of the molecule is CC1(C)CNCCN1C(=O)Cn1cc(-c2cn3c(Cl)cnc3c(N3CC[C@@H]3C(F)(F)F)n2)cn1. The van der Waals surface area contributed by atoms with Crippen LogP contribution in [0.15, 0.2) is 24.8 Å². The molecule has 1 N–H and O–H groups in total. The van der Waals surface area contributed by atoms with Gasteiger partial charge in [-0.2, -0.15) is 18.3 Å². The van der Waals surface area contributed by atoms with Gasteiger partial charge in [0.05, 0.1) is 18.1 Å². The second-order valence-corrected chi connectivity index (χ2v) is 9.61. The van der Waals surface area contributed by atoms with Gasteiger partial charge in [0.2, 0.25) is 5.91 Å². The number of halogens is 4. The van der Waals surface area contributed by atoms with Crippen LogP contribution in [0.25, 0.3) is 16.9 Å². The van der Waals surface area contributed by atoms with Gasteiger partial charge >= 0.3 is 6.18 Å². The van der Waals surface area contributed by atoms with Crippen molar-refractivity contribution < 1.29 is 18.0 Å². The topological polar surface area (TPSA) is 83.6 Å². The van der Waals surface area contributed by atoms with Crippen molar-refractivity contribution in [2.75, 3.05) is 31.1 Å². The molecule has 34 heavy (non-hydrogen) atoms. The highest BCUT2D eigenvalue weighted by Crippen LogP contribution is 2.39. The molecule has 13 heteroatoms. The monoisotopic (exact) mass is 496 g/mol. The minimum absolute atomic E-state index is 0.00157. The summed E-state index contributed by atoms with van der Waals surface area (Å²) >= 11 is 6.24. The molecule has 3 aromatic heterocycles. The van der Waals surface area contributed by atoms with Crippen LogP contribution in [-0.2, 0) is 11.3 Å². The molecule has 0 aliphatic carbocycles. The molecular formula is C21H24ClF3N8O. The fourth-order valence-corrected chi connectivity index (χ4v) is 4.69. The zero-order chi connectivity index (χ0) is 24.3. The molecule has 0 aromatic carbocycles. The smallest absolute Gasteiger partial charge is 0.341 e. The number of rotatable bonds is 4. The molecule has 182 valence electrons. The van der Waals surface area contributed by atoms with Crippen molar-refractivity contribution in [2.24, 2.45) is 0 Å². The average Bonchev–Trinajstić information content (AvgIpc) is 3.32. The maximum Gasteiger partial charge on any atom is 0.408 e. The molecule has 2 aliphatic rings. The van der Waals surface area contributed by atoms with Gasteiger partial charge in [0.15, 0.2) is 11.5 Å². The van der Waals surface area contributed by atoms with Crippen molar-refractivity contribution in [1.29, 1.82) is 0 Å². The predicted molar refractivity (Wildman–Crippen MR) is 120 cm³/mol. The Balaban J connectivity index is 1.44. The van der Waals surface area contributed by atoms with Crippen LogP contribution in [-0.4, -0.2) is 78.9 Å². The minimum atomic E-state index is -4.37. The number of aromatic nitrogens is 5. The number of imidazole rings is 1. The number of nitrogens with one attached hydrogen (secondary N) is 1. The van der Waals surface area contributed by atoms with Crippen LogP contribution in [0.3, 0.4) is 0 Å². The molecule has 0 bridgehead atoms. The number of hydrogen-bond acceptors (Lipinski definition) is 6. The predicted octanol–water partition coefficient (Wildman–Crippen LogP) is 2.60. The fraction of sp³-hybridized carbons (Fsp3) is 0.524. The van der Waals surface area contributed by atoms with Crippen molar-refractivity contribution in [3.8, 4) is 11.3 Å². The second kappa shape index (κ2) is 8.12. The van der Waals surface area contributed by atoms with Crippen LogP contribution in [0.1, 0.15) is 20.3 Å². The van der Waals surface area contributed by atoms with E-state index in [9.17, 15) is 18.0 Å². The van der Waals surface area contributed by atoms with Gasteiger partial charge in [0.1, 0.15) is 17.7 Å². The van der Waals surface area contributed by atoms with E-state index in [4.69, 9.17) is 11.6 Å². The van der Waals surface area contributed by atoms with Crippen molar-refractivity contribution in [2.45, 2.75) is 44.6 Å². The number of carbonyl (C=O) groups is 1. The summed E-state index contributed by atoms with van der Waals surface area (Å²) in [5.41, 5.74) is 0.893. The van der Waals surface area contributed by atoms with Crippen molar-refractivity contribution in [3.63, 3.8) is 0 Å². The van der Waals surface area contributed by atoms with E-state index in [1.54, 1.807) is 12.4 Å². The molecule has 5 heterocycles. The van der Waals surface area contributed by atoms with E-state index in [1.165, 1.54) is 26.4 Å². The van der Waals surface area contributed by atoms with Gasteiger partial charge in [-0.05, 0) is 20.3 Å². The lowest BCUT2D eigenvalue weighted by Crippen LogP contribution is -2.60. The van der Waals surface area contributed by atoms with Gasteiger partial charge in [-0.15, -0.1) is 0 Å². The van der Waals surface area contributed by atoms with Gasteiger partial charge < -0.3 is 15.1 Å². The number of amides is 1. The van der Waals surface area contributed by atoms with E-state index in [0.29, 0.717) is 24.3 Å². The Hall–Kier alpha value is -2.86. The third kappa shape index (κ3) is 3.98. The molecular weight excluding hydrogens is 473 g/mol. The summed E-state index contributed by atoms with van der Waals surface area (Å²) in [7, 11) is 0. The zero-order valence-corrected chi connectivity index (χ0v) is 19.4. The summed E-state index contributed by atoms with van der Waals surface area (Å²) in [6.07, 6.45) is 1.82. The van der Waals surface area contributed by atoms with Crippen LogP contribution in [0.2, 0.25) is 5.15 Å². The lowest BCUT2D eigenvalue weighted by Gasteiger charge is -2.42. The first-order valence-electron chi connectivity index (χ1n) is 11.0. The molecule has 1 atom stereocenters. The van der Waals surface area contributed by atoms with Gasteiger partial charge in [-0.1, -0.05) is 11.6 Å². The summed E-state index contributed by atoms with van der Waals surface area (Å²) in [5.74, 6) is 0.0564. The maximum absolute atomic E-state index is 13.4. The molecule has 2 saturated heterocycles. The Morgan fingerprint density at radius 2 is 2.06 bits per heavy atom. The summed E-state index contributed by atoms with van der Waals surface area (Å²) in [6.45, 7) is 6.32. The number of alkyl halides is 3. The van der Waals surface area contributed by atoms with Crippen molar-refractivity contribution >= 4 is 29.0 Å². The molecule has 1 amide bonds. The van der Waals surface area contributed by atoms with E-state index in [1.807, 2.05) is 18.7 Å². The molecule has 9 nitrogen and oxygen atoms in total. The maximum atomic E-state index is 13.4. The third-order valence-corrected chi connectivity index (χ3v) is 6.71. The average molecular weight is 497 g/mol. The highest BCUT2D eigenvalue weighted by molar-refractivity contribution is 6.29. The lowest BCUT2D eigenvalue weighted by atomic mass is 10.00. The van der Waals surface area contributed by atoms with Crippen LogP contribution in [0.5, 0.6) is 0 Å². The van der Waals surface area contributed by atoms with Crippen LogP contribution < -0.4 is 10.2 Å². The van der Waals surface area contributed by atoms with Gasteiger partial charge in [-0.25, -0.2) is 9.97 Å². The first-order valence-corrected chi connectivity index (χ1v) is 11.3. The first kappa shape index (κ1) is 22.9. The molecule has 2 fully saturated rings. The second-order valence-electron chi connectivity index (χ2n) is 9.22. The number of piperazine rings is 1. The highest BCUT2D eigenvalue weighted by Gasteiger charge is 2.50. The van der Waals surface area contributed by atoms with Gasteiger partial charge in [0.25, 0.3) is 0 Å². The number of hydrogen-bond donors (Lipinski definition) is 1. The Morgan fingerprint density at radius 1 is 1.26 bits per heavy atom. The van der Waals surface area contributed by atoms with Gasteiger partial charge in [0, 0.05) is 49.7 Å². The molecule has 0 radical (unpaired) electrons. The number of anilines is 1. The number of nitrogens with zero attached hydrogens (tertiary/aromatic N) is 7. The Kier molecular flexibility index (Phi) is 5.47. The normalized spacial score (nSPS) is 20.6. The minimum Gasteiger partial charge on any atom is -0.341 e. The van der Waals surface area contributed by atoms with Gasteiger partial charge in [-0.3, -0.25) is 13.9 Å². The lowest BCUT2D eigenvalue weighted by molar-refractivity contribution is -0.159. The molecule has 5 rings (SSSR count). The van der Waals surface area contributed by atoms with E-state index in [2.05, 4.69) is 20.4 Å². The third-order valence-electron chi connectivity index (χ3n) is 6.43. The van der Waals surface area contributed by atoms with E-state index in [-0.39, 0.29) is 47.6 Å².